The van der Waals surface area contributed by atoms with Gasteiger partial charge in [-0.15, -0.1) is 0 Å². The molecule has 0 radical (unpaired) electrons. The van der Waals surface area contributed by atoms with Crippen molar-refractivity contribution in [2.24, 2.45) is 0 Å². The number of aromatic hydroxyl groups is 1. The predicted octanol–water partition coefficient (Wildman–Crippen LogP) is 4.98. The lowest BCUT2D eigenvalue weighted by atomic mass is 10.0. The molecule has 0 fully saturated rings. The van der Waals surface area contributed by atoms with Gasteiger partial charge in [-0.25, -0.2) is 8.42 Å². The average Bonchev–Trinajstić information content (AvgIpc) is 2.91. The molecule has 2 aromatic heterocycles. The molecule has 4 aromatic rings. The fourth-order valence-corrected chi connectivity index (χ4v) is 5.79. The highest BCUT2D eigenvalue weighted by Gasteiger charge is 2.31. The van der Waals surface area contributed by atoms with E-state index >= 15 is 0 Å². The minimum absolute atomic E-state index is 0.130. The zero-order valence-electron chi connectivity index (χ0n) is 21.4. The molecule has 9 heteroatoms. The summed E-state index contributed by atoms with van der Waals surface area (Å²) in [6, 6.07) is 16.3. The first-order chi connectivity index (χ1) is 18.2. The van der Waals surface area contributed by atoms with E-state index in [9.17, 15) is 23.6 Å². The Morgan fingerprint density at radius 2 is 1.87 bits per heavy atom. The summed E-state index contributed by atoms with van der Waals surface area (Å²) in [5.74, 6) is -0.383. The lowest BCUT2D eigenvalue weighted by molar-refractivity contribution is 0.369. The Labute approximate surface area is 221 Å². The van der Waals surface area contributed by atoms with Crippen LogP contribution in [0, 0.1) is 18.3 Å². The lowest BCUT2D eigenvalue weighted by Crippen LogP contribution is -2.27. The number of pyridine rings is 1. The molecular formula is C29H28N4O4S. The van der Waals surface area contributed by atoms with E-state index in [4.69, 9.17) is 0 Å². The third-order valence-corrected chi connectivity index (χ3v) is 8.33. The van der Waals surface area contributed by atoms with Crippen molar-refractivity contribution in [2.45, 2.75) is 55.9 Å². The fourth-order valence-electron chi connectivity index (χ4n) is 4.45. The largest absolute Gasteiger partial charge is 0.493 e. The Morgan fingerprint density at radius 3 is 2.53 bits per heavy atom. The van der Waals surface area contributed by atoms with Crippen molar-refractivity contribution in [1.29, 1.82) is 5.26 Å². The van der Waals surface area contributed by atoms with Gasteiger partial charge in [0.25, 0.3) is 5.56 Å². The van der Waals surface area contributed by atoms with Gasteiger partial charge < -0.3 is 5.11 Å². The summed E-state index contributed by atoms with van der Waals surface area (Å²) in [5, 5.41) is 20.7. The van der Waals surface area contributed by atoms with E-state index in [0.29, 0.717) is 24.0 Å². The molecule has 0 saturated heterocycles. The number of hydrogen-bond donors (Lipinski definition) is 1. The summed E-state index contributed by atoms with van der Waals surface area (Å²) in [6.07, 6.45) is 5.27. The number of benzene rings is 2. The Balaban J connectivity index is 1.85. The first-order valence-corrected chi connectivity index (χ1v) is 13.8. The SMILES string of the molecule is CCCCc1nc(=O)c(S(=O)(=O)c2ccc(-c3ccncc3C)cc2)c(O)n1C(C)c1cccc(C#N)c1. The van der Waals surface area contributed by atoms with Gasteiger partial charge in [0.2, 0.25) is 15.7 Å². The number of nitriles is 1. The van der Waals surface area contributed by atoms with Gasteiger partial charge in [0.1, 0.15) is 5.82 Å². The zero-order chi connectivity index (χ0) is 27.4. The van der Waals surface area contributed by atoms with Gasteiger partial charge in [-0.05, 0) is 72.9 Å². The summed E-state index contributed by atoms with van der Waals surface area (Å²) >= 11 is 0. The van der Waals surface area contributed by atoms with Crippen molar-refractivity contribution < 1.29 is 13.5 Å². The molecule has 0 bridgehead atoms. The van der Waals surface area contributed by atoms with Crippen LogP contribution in [-0.2, 0) is 16.3 Å². The highest BCUT2D eigenvalue weighted by Crippen LogP contribution is 2.33. The molecule has 194 valence electrons. The van der Waals surface area contributed by atoms with Crippen LogP contribution in [0.1, 0.15) is 55.2 Å². The molecule has 1 atom stereocenters. The van der Waals surface area contributed by atoms with Crippen LogP contribution >= 0.6 is 0 Å². The van der Waals surface area contributed by atoms with Crippen molar-refractivity contribution in [3.05, 3.63) is 99.9 Å². The van der Waals surface area contributed by atoms with E-state index < -0.39 is 32.2 Å². The third kappa shape index (κ3) is 5.08. The first kappa shape index (κ1) is 26.8. The monoisotopic (exact) mass is 528 g/mol. The number of aromatic nitrogens is 3. The van der Waals surface area contributed by atoms with Crippen LogP contribution in [0.25, 0.3) is 11.1 Å². The molecule has 38 heavy (non-hydrogen) atoms. The minimum Gasteiger partial charge on any atom is -0.493 e. The molecule has 1 unspecified atom stereocenters. The summed E-state index contributed by atoms with van der Waals surface area (Å²) in [5.41, 5.74) is 2.73. The Kier molecular flexibility index (Phi) is 7.74. The normalized spacial score (nSPS) is 12.2. The highest BCUT2D eigenvalue weighted by atomic mass is 32.2. The summed E-state index contributed by atoms with van der Waals surface area (Å²) in [6.45, 7) is 5.66. The maximum absolute atomic E-state index is 13.7. The maximum Gasteiger partial charge on any atom is 0.296 e. The maximum atomic E-state index is 13.7. The molecule has 0 spiro atoms. The number of unbranched alkanes of at least 4 members (excludes halogenated alkanes) is 1. The van der Waals surface area contributed by atoms with E-state index in [1.54, 1.807) is 55.7 Å². The van der Waals surface area contributed by atoms with Gasteiger partial charge in [-0.2, -0.15) is 10.2 Å². The average molecular weight is 529 g/mol. The fraction of sp³-hybridized carbons (Fsp3) is 0.241. The number of nitrogens with zero attached hydrogens (tertiary/aromatic N) is 4. The van der Waals surface area contributed by atoms with Crippen molar-refractivity contribution in [1.82, 2.24) is 14.5 Å². The van der Waals surface area contributed by atoms with Crippen LogP contribution < -0.4 is 5.56 Å². The molecule has 0 aliphatic carbocycles. The van der Waals surface area contributed by atoms with Gasteiger partial charge in [0.15, 0.2) is 4.90 Å². The molecule has 2 aromatic carbocycles. The molecule has 2 heterocycles. The summed E-state index contributed by atoms with van der Waals surface area (Å²) < 4.78 is 28.7. The van der Waals surface area contributed by atoms with Crippen LogP contribution in [0.4, 0.5) is 0 Å². The third-order valence-electron chi connectivity index (χ3n) is 6.54. The molecule has 0 aliphatic heterocycles. The molecule has 1 N–H and O–H groups in total. The molecule has 0 saturated carbocycles. The minimum atomic E-state index is -4.41. The van der Waals surface area contributed by atoms with Crippen molar-refractivity contribution in [2.75, 3.05) is 0 Å². The van der Waals surface area contributed by atoms with Crippen LogP contribution in [0.3, 0.4) is 0 Å². The van der Waals surface area contributed by atoms with Crippen LogP contribution in [0.15, 0.2) is 81.6 Å². The first-order valence-electron chi connectivity index (χ1n) is 12.3. The molecule has 4 rings (SSSR count). The molecule has 0 aliphatic rings. The summed E-state index contributed by atoms with van der Waals surface area (Å²) in [7, 11) is -4.41. The number of sulfone groups is 1. The molecule has 0 amide bonds. The van der Waals surface area contributed by atoms with Crippen molar-refractivity contribution in [3.63, 3.8) is 0 Å². The van der Waals surface area contributed by atoms with Crippen LogP contribution in [0.2, 0.25) is 0 Å². The van der Waals surface area contributed by atoms with Gasteiger partial charge in [0.05, 0.1) is 22.6 Å². The van der Waals surface area contributed by atoms with E-state index in [1.165, 1.54) is 16.7 Å². The van der Waals surface area contributed by atoms with Crippen molar-refractivity contribution >= 4 is 9.84 Å². The second-order valence-corrected chi connectivity index (χ2v) is 11.0. The van der Waals surface area contributed by atoms with Crippen molar-refractivity contribution in [3.8, 4) is 23.1 Å². The Bertz CT molecular complexity index is 1690. The van der Waals surface area contributed by atoms with E-state index in [-0.39, 0.29) is 10.7 Å². The highest BCUT2D eigenvalue weighted by molar-refractivity contribution is 7.91. The lowest BCUT2D eigenvalue weighted by Gasteiger charge is -2.23. The molecule has 8 nitrogen and oxygen atoms in total. The van der Waals surface area contributed by atoms with Gasteiger partial charge in [-0.3, -0.25) is 14.3 Å². The van der Waals surface area contributed by atoms with E-state index in [1.807, 2.05) is 19.9 Å². The van der Waals surface area contributed by atoms with Crippen LogP contribution in [-0.4, -0.2) is 28.1 Å². The Morgan fingerprint density at radius 1 is 1.13 bits per heavy atom. The number of rotatable bonds is 8. The molecular weight excluding hydrogens is 500 g/mol. The zero-order valence-corrected chi connectivity index (χ0v) is 22.2. The summed E-state index contributed by atoms with van der Waals surface area (Å²) in [4.78, 5) is 20.4. The number of aryl methyl sites for hydroxylation is 2. The number of hydrogen-bond acceptors (Lipinski definition) is 7. The van der Waals surface area contributed by atoms with Gasteiger partial charge >= 0.3 is 0 Å². The second kappa shape index (κ2) is 11.0. The second-order valence-electron chi connectivity index (χ2n) is 9.09. The quantitative estimate of drug-likeness (QED) is 0.342. The van der Waals surface area contributed by atoms with Gasteiger partial charge in [-0.1, -0.05) is 37.6 Å². The van der Waals surface area contributed by atoms with Gasteiger partial charge in [0, 0.05) is 18.8 Å². The standard InChI is InChI=1S/C29H28N4O4S/c1-4-5-9-26-32-28(34)27(29(35)33(26)20(3)23-8-6-7-21(16-23)17-30)38(36,37)24-12-10-22(11-13-24)25-14-15-31-18-19(25)2/h6-8,10-16,18,20,35H,4-5,9H2,1-3H3. The smallest absolute Gasteiger partial charge is 0.296 e. The predicted molar refractivity (Wildman–Crippen MR) is 144 cm³/mol. The topological polar surface area (TPSA) is 126 Å². The van der Waals surface area contributed by atoms with E-state index in [2.05, 4.69) is 16.0 Å². The van der Waals surface area contributed by atoms with Crippen LogP contribution in [0.5, 0.6) is 5.88 Å². The van der Waals surface area contributed by atoms with E-state index in [0.717, 1.165) is 23.1 Å². The Hall–Kier alpha value is -4.29.